The molecule has 3 heteroatoms. The van der Waals surface area contributed by atoms with E-state index in [1.54, 1.807) is 11.3 Å². The molecule has 1 heterocycles. The Hall–Kier alpha value is -0.540. The Balaban J connectivity index is 3.00. The second-order valence-electron chi connectivity index (χ2n) is 3.34. The largest absolute Gasteiger partial charge is 0.507 e. The van der Waals surface area contributed by atoms with E-state index in [9.17, 15) is 5.11 Å². The quantitative estimate of drug-likeness (QED) is 0.744. The summed E-state index contributed by atoms with van der Waals surface area (Å²) in [6, 6.07) is 1.75. The zero-order valence-corrected chi connectivity index (χ0v) is 8.48. The van der Waals surface area contributed by atoms with Gasteiger partial charge in [0, 0.05) is 10.9 Å². The number of hydrogen-bond acceptors (Lipinski definition) is 3. The summed E-state index contributed by atoms with van der Waals surface area (Å²) in [5, 5.41) is 9.48. The number of hydrogen-bond donors (Lipinski definition) is 2. The van der Waals surface area contributed by atoms with E-state index in [1.165, 1.54) is 4.88 Å². The summed E-state index contributed by atoms with van der Waals surface area (Å²) < 4.78 is 0. The third-order valence-corrected chi connectivity index (χ3v) is 3.37. The summed E-state index contributed by atoms with van der Waals surface area (Å²) in [7, 11) is 0. The van der Waals surface area contributed by atoms with Crippen LogP contribution in [0.1, 0.15) is 42.5 Å². The van der Waals surface area contributed by atoms with Crippen LogP contribution < -0.4 is 5.73 Å². The van der Waals surface area contributed by atoms with E-state index in [0.717, 1.165) is 4.88 Å². The second kappa shape index (κ2) is 3.46. The molecule has 1 aromatic heterocycles. The number of nitrogens with two attached hydrogens (primary N) is 1. The highest BCUT2D eigenvalue weighted by molar-refractivity contribution is 7.12. The van der Waals surface area contributed by atoms with Crippen molar-refractivity contribution in [1.82, 2.24) is 0 Å². The lowest BCUT2D eigenvalue weighted by Gasteiger charge is -2.01. The molecule has 0 radical (unpaired) electrons. The molecule has 0 fully saturated rings. The molecule has 1 unspecified atom stereocenters. The first-order valence-electron chi connectivity index (χ1n) is 4.10. The van der Waals surface area contributed by atoms with Crippen molar-refractivity contribution in [2.45, 2.75) is 32.7 Å². The normalized spacial score (nSPS) is 13.8. The maximum Gasteiger partial charge on any atom is 0.131 e. The van der Waals surface area contributed by atoms with E-state index in [4.69, 9.17) is 5.73 Å². The average Bonchev–Trinajstić information content (AvgIpc) is 2.30. The molecular weight excluding hydrogens is 170 g/mol. The third-order valence-electron chi connectivity index (χ3n) is 1.74. The molecule has 0 amide bonds. The maximum absolute atomic E-state index is 9.48. The van der Waals surface area contributed by atoms with Gasteiger partial charge < -0.3 is 10.8 Å². The molecule has 0 saturated carbocycles. The molecule has 1 aromatic rings. The van der Waals surface area contributed by atoms with Crippen molar-refractivity contribution >= 4 is 11.3 Å². The van der Waals surface area contributed by atoms with Crippen LogP contribution in [0.4, 0.5) is 0 Å². The van der Waals surface area contributed by atoms with Gasteiger partial charge in [-0.15, -0.1) is 11.3 Å². The van der Waals surface area contributed by atoms with Gasteiger partial charge in [-0.2, -0.15) is 0 Å². The van der Waals surface area contributed by atoms with Gasteiger partial charge in [-0.25, -0.2) is 0 Å². The van der Waals surface area contributed by atoms with Crippen LogP contribution in [0, 0.1) is 0 Å². The SMILES string of the molecule is CC(C)c1cc(O)c(C(C)N)s1. The lowest BCUT2D eigenvalue weighted by molar-refractivity contribution is 0.467. The Morgan fingerprint density at radius 3 is 2.25 bits per heavy atom. The van der Waals surface area contributed by atoms with Gasteiger partial charge in [-0.05, 0) is 18.9 Å². The van der Waals surface area contributed by atoms with Crippen molar-refractivity contribution in [2.24, 2.45) is 5.73 Å². The van der Waals surface area contributed by atoms with Gasteiger partial charge in [0.15, 0.2) is 0 Å². The average molecular weight is 185 g/mol. The van der Waals surface area contributed by atoms with Crippen LogP contribution in [0.15, 0.2) is 6.07 Å². The summed E-state index contributed by atoms with van der Waals surface area (Å²) in [5.41, 5.74) is 5.68. The summed E-state index contributed by atoms with van der Waals surface area (Å²) in [6.45, 7) is 6.10. The molecule has 0 aliphatic rings. The zero-order valence-electron chi connectivity index (χ0n) is 7.66. The van der Waals surface area contributed by atoms with Crippen molar-refractivity contribution in [3.63, 3.8) is 0 Å². The zero-order chi connectivity index (χ0) is 9.30. The highest BCUT2D eigenvalue weighted by Crippen LogP contribution is 2.35. The van der Waals surface area contributed by atoms with E-state index in [2.05, 4.69) is 13.8 Å². The van der Waals surface area contributed by atoms with E-state index in [0.29, 0.717) is 11.7 Å². The van der Waals surface area contributed by atoms with Gasteiger partial charge in [0.2, 0.25) is 0 Å². The van der Waals surface area contributed by atoms with Gasteiger partial charge in [0.05, 0.1) is 4.88 Å². The molecule has 3 N–H and O–H groups in total. The van der Waals surface area contributed by atoms with Crippen LogP contribution in [0.5, 0.6) is 5.75 Å². The molecule has 12 heavy (non-hydrogen) atoms. The molecular formula is C9H15NOS. The Bertz CT molecular complexity index is 265. The standard InChI is InChI=1S/C9H15NOS/c1-5(2)8-4-7(11)9(12-8)6(3)10/h4-6,11H,10H2,1-3H3. The van der Waals surface area contributed by atoms with Crippen molar-refractivity contribution in [2.75, 3.05) is 0 Å². The van der Waals surface area contributed by atoms with Gasteiger partial charge in [-0.3, -0.25) is 0 Å². The first-order chi connectivity index (χ1) is 5.52. The summed E-state index contributed by atoms with van der Waals surface area (Å²) in [6.07, 6.45) is 0. The van der Waals surface area contributed by atoms with Gasteiger partial charge in [-0.1, -0.05) is 13.8 Å². The molecule has 0 aromatic carbocycles. The third kappa shape index (κ3) is 1.79. The van der Waals surface area contributed by atoms with Gasteiger partial charge in [0.25, 0.3) is 0 Å². The van der Waals surface area contributed by atoms with Crippen LogP contribution in [0.3, 0.4) is 0 Å². The Labute approximate surface area is 77.0 Å². The fraction of sp³-hybridized carbons (Fsp3) is 0.556. The van der Waals surface area contributed by atoms with Crippen LogP contribution in [-0.4, -0.2) is 5.11 Å². The summed E-state index contributed by atoms with van der Waals surface area (Å²) in [4.78, 5) is 2.08. The fourth-order valence-electron chi connectivity index (χ4n) is 1.03. The number of thiophene rings is 1. The van der Waals surface area contributed by atoms with Crippen LogP contribution >= 0.6 is 11.3 Å². The van der Waals surface area contributed by atoms with Crippen LogP contribution in [0.2, 0.25) is 0 Å². The van der Waals surface area contributed by atoms with E-state index in [-0.39, 0.29) is 6.04 Å². The first kappa shape index (κ1) is 9.55. The molecule has 0 bridgehead atoms. The summed E-state index contributed by atoms with van der Waals surface area (Å²) >= 11 is 1.60. The Kier molecular flexibility index (Phi) is 2.75. The highest BCUT2D eigenvalue weighted by Gasteiger charge is 2.12. The topological polar surface area (TPSA) is 46.2 Å². The minimum Gasteiger partial charge on any atom is -0.507 e. The van der Waals surface area contributed by atoms with E-state index < -0.39 is 0 Å². The van der Waals surface area contributed by atoms with Gasteiger partial charge in [0.1, 0.15) is 5.75 Å². The van der Waals surface area contributed by atoms with Crippen molar-refractivity contribution in [1.29, 1.82) is 0 Å². The minimum atomic E-state index is -0.0671. The second-order valence-corrected chi connectivity index (χ2v) is 4.46. The Morgan fingerprint density at radius 2 is 2.00 bits per heavy atom. The molecule has 1 atom stereocenters. The van der Waals surface area contributed by atoms with Crippen LogP contribution in [-0.2, 0) is 0 Å². The van der Waals surface area contributed by atoms with Crippen molar-refractivity contribution in [3.8, 4) is 5.75 Å². The lowest BCUT2D eigenvalue weighted by Crippen LogP contribution is -2.02. The number of rotatable bonds is 2. The molecule has 0 saturated heterocycles. The van der Waals surface area contributed by atoms with Crippen LogP contribution in [0.25, 0.3) is 0 Å². The smallest absolute Gasteiger partial charge is 0.131 e. The highest BCUT2D eigenvalue weighted by atomic mass is 32.1. The molecule has 0 aliphatic carbocycles. The minimum absolute atomic E-state index is 0.0671. The summed E-state index contributed by atoms with van der Waals surface area (Å²) in [5.74, 6) is 0.812. The predicted molar refractivity (Wildman–Crippen MR) is 52.7 cm³/mol. The number of aromatic hydroxyl groups is 1. The van der Waals surface area contributed by atoms with E-state index >= 15 is 0 Å². The van der Waals surface area contributed by atoms with E-state index in [1.807, 2.05) is 13.0 Å². The van der Waals surface area contributed by atoms with Crippen molar-refractivity contribution in [3.05, 3.63) is 15.8 Å². The molecule has 68 valence electrons. The first-order valence-corrected chi connectivity index (χ1v) is 4.92. The predicted octanol–water partition coefficient (Wildman–Crippen LogP) is 2.60. The molecule has 0 spiro atoms. The monoisotopic (exact) mass is 185 g/mol. The van der Waals surface area contributed by atoms with Crippen molar-refractivity contribution < 1.29 is 5.11 Å². The Morgan fingerprint density at radius 1 is 1.42 bits per heavy atom. The molecule has 2 nitrogen and oxygen atoms in total. The molecule has 0 aliphatic heterocycles. The fourth-order valence-corrected chi connectivity index (χ4v) is 2.03. The van der Waals surface area contributed by atoms with Gasteiger partial charge >= 0.3 is 0 Å². The maximum atomic E-state index is 9.48. The molecule has 1 rings (SSSR count). The lowest BCUT2D eigenvalue weighted by atomic mass is 10.2.